The first-order chi connectivity index (χ1) is 8.77. The Labute approximate surface area is 119 Å². The highest BCUT2D eigenvalue weighted by molar-refractivity contribution is 9.10. The highest BCUT2D eigenvalue weighted by Gasteiger charge is 2.09. The Balaban J connectivity index is 2.29. The lowest BCUT2D eigenvalue weighted by Gasteiger charge is -2.16. The minimum absolute atomic E-state index is 0.272. The van der Waals surface area contributed by atoms with Gasteiger partial charge in [-0.1, -0.05) is 73.5 Å². The van der Waals surface area contributed by atoms with E-state index in [-0.39, 0.29) is 6.04 Å². The zero-order valence-electron chi connectivity index (χ0n) is 11.3. The lowest BCUT2D eigenvalue weighted by Crippen LogP contribution is -2.27. The van der Waals surface area contributed by atoms with E-state index in [1.54, 1.807) is 0 Å². The van der Waals surface area contributed by atoms with Gasteiger partial charge < -0.3 is 0 Å². The van der Waals surface area contributed by atoms with Gasteiger partial charge in [-0.25, -0.2) is 0 Å². The maximum atomic E-state index is 5.65. The Hall–Kier alpha value is -0.380. The summed E-state index contributed by atoms with van der Waals surface area (Å²) in [5, 5.41) is 0. The van der Waals surface area contributed by atoms with Crippen molar-refractivity contribution in [2.75, 3.05) is 0 Å². The molecule has 0 fully saturated rings. The molecule has 1 aromatic rings. The normalized spacial score (nSPS) is 12.6. The second-order valence-electron chi connectivity index (χ2n) is 4.83. The molecule has 3 N–H and O–H groups in total. The lowest BCUT2D eigenvalue weighted by atomic mass is 10.0. The van der Waals surface area contributed by atoms with Gasteiger partial charge >= 0.3 is 0 Å². The van der Waals surface area contributed by atoms with Gasteiger partial charge in [0, 0.05) is 10.5 Å². The van der Waals surface area contributed by atoms with Gasteiger partial charge in [-0.2, -0.15) is 0 Å². The molecule has 0 heterocycles. The number of nitrogens with two attached hydrogens (primary N) is 1. The van der Waals surface area contributed by atoms with Crippen LogP contribution in [0.4, 0.5) is 0 Å². The van der Waals surface area contributed by atoms with Crippen molar-refractivity contribution in [1.29, 1.82) is 0 Å². The van der Waals surface area contributed by atoms with E-state index < -0.39 is 0 Å². The average molecular weight is 313 g/mol. The fourth-order valence-corrected chi connectivity index (χ4v) is 2.62. The van der Waals surface area contributed by atoms with E-state index in [0.29, 0.717) is 0 Å². The van der Waals surface area contributed by atoms with Crippen LogP contribution >= 0.6 is 15.9 Å². The van der Waals surface area contributed by atoms with Crippen LogP contribution in [-0.2, 0) is 0 Å². The predicted octanol–water partition coefficient (Wildman–Crippen LogP) is 4.70. The predicted molar refractivity (Wildman–Crippen MR) is 82.2 cm³/mol. The lowest BCUT2D eigenvalue weighted by molar-refractivity contribution is 0.477. The third-order valence-electron chi connectivity index (χ3n) is 3.30. The van der Waals surface area contributed by atoms with E-state index in [2.05, 4.69) is 46.5 Å². The first-order valence-corrected chi connectivity index (χ1v) is 7.78. The minimum Gasteiger partial charge on any atom is -0.271 e. The van der Waals surface area contributed by atoms with Crippen molar-refractivity contribution in [3.8, 4) is 0 Å². The van der Waals surface area contributed by atoms with Crippen LogP contribution in [0.15, 0.2) is 28.7 Å². The molecule has 0 radical (unpaired) electrons. The highest BCUT2D eigenvalue weighted by Crippen LogP contribution is 2.22. The standard InChI is InChI=1S/C15H25BrN2/c1-2-3-4-5-6-7-11-15(18-17)13-9-8-10-14(16)12-13/h8-10,12,15,18H,2-7,11,17H2,1H3. The van der Waals surface area contributed by atoms with Gasteiger partial charge in [0.15, 0.2) is 0 Å². The maximum absolute atomic E-state index is 5.65. The molecule has 0 aliphatic carbocycles. The van der Waals surface area contributed by atoms with Gasteiger partial charge in [0.25, 0.3) is 0 Å². The smallest absolute Gasteiger partial charge is 0.0460 e. The topological polar surface area (TPSA) is 38.0 Å². The fourth-order valence-electron chi connectivity index (χ4n) is 2.20. The van der Waals surface area contributed by atoms with Gasteiger partial charge in [0.05, 0.1) is 0 Å². The van der Waals surface area contributed by atoms with Crippen LogP contribution < -0.4 is 11.3 Å². The van der Waals surface area contributed by atoms with Crippen molar-refractivity contribution in [3.63, 3.8) is 0 Å². The molecule has 0 spiro atoms. The molecule has 0 saturated carbocycles. The zero-order chi connectivity index (χ0) is 13.2. The van der Waals surface area contributed by atoms with E-state index in [1.807, 2.05) is 6.07 Å². The summed E-state index contributed by atoms with van der Waals surface area (Å²) in [6.07, 6.45) is 9.06. The summed E-state index contributed by atoms with van der Waals surface area (Å²) >= 11 is 3.50. The van der Waals surface area contributed by atoms with Gasteiger partial charge in [-0.05, 0) is 24.1 Å². The molecule has 18 heavy (non-hydrogen) atoms. The fraction of sp³-hybridized carbons (Fsp3) is 0.600. The van der Waals surface area contributed by atoms with Crippen LogP contribution in [0.3, 0.4) is 0 Å². The number of hydrazine groups is 1. The van der Waals surface area contributed by atoms with Crippen molar-refractivity contribution in [2.24, 2.45) is 5.84 Å². The number of halogens is 1. The van der Waals surface area contributed by atoms with E-state index in [4.69, 9.17) is 5.84 Å². The molecule has 0 saturated heterocycles. The number of benzene rings is 1. The van der Waals surface area contributed by atoms with Crippen LogP contribution in [-0.4, -0.2) is 0 Å². The summed E-state index contributed by atoms with van der Waals surface area (Å²) in [7, 11) is 0. The molecular weight excluding hydrogens is 288 g/mol. The van der Waals surface area contributed by atoms with E-state index in [0.717, 1.165) is 10.9 Å². The summed E-state index contributed by atoms with van der Waals surface area (Å²) in [5.41, 5.74) is 4.19. The number of unbranched alkanes of at least 4 members (excludes halogenated alkanes) is 5. The first-order valence-electron chi connectivity index (χ1n) is 6.99. The van der Waals surface area contributed by atoms with Crippen LogP contribution in [0.5, 0.6) is 0 Å². The maximum Gasteiger partial charge on any atom is 0.0460 e. The molecule has 1 rings (SSSR count). The van der Waals surface area contributed by atoms with Crippen LogP contribution in [0.1, 0.15) is 63.5 Å². The third kappa shape index (κ3) is 5.98. The molecule has 1 atom stereocenters. The first kappa shape index (κ1) is 15.7. The Kier molecular flexibility index (Phi) is 8.31. The molecule has 0 aliphatic rings. The third-order valence-corrected chi connectivity index (χ3v) is 3.79. The Morgan fingerprint density at radius 2 is 1.89 bits per heavy atom. The van der Waals surface area contributed by atoms with Crippen molar-refractivity contribution < 1.29 is 0 Å². The van der Waals surface area contributed by atoms with Gasteiger partial charge in [0.1, 0.15) is 0 Å². The largest absolute Gasteiger partial charge is 0.271 e. The monoisotopic (exact) mass is 312 g/mol. The van der Waals surface area contributed by atoms with Crippen molar-refractivity contribution in [1.82, 2.24) is 5.43 Å². The molecule has 1 aromatic carbocycles. The molecule has 2 nitrogen and oxygen atoms in total. The van der Waals surface area contributed by atoms with Crippen LogP contribution in [0.25, 0.3) is 0 Å². The Morgan fingerprint density at radius 3 is 2.56 bits per heavy atom. The van der Waals surface area contributed by atoms with Crippen molar-refractivity contribution in [3.05, 3.63) is 34.3 Å². The Morgan fingerprint density at radius 1 is 1.17 bits per heavy atom. The summed E-state index contributed by atoms with van der Waals surface area (Å²) in [4.78, 5) is 0. The number of rotatable bonds is 9. The molecule has 1 unspecified atom stereocenters. The molecule has 3 heteroatoms. The van der Waals surface area contributed by atoms with E-state index in [9.17, 15) is 0 Å². The van der Waals surface area contributed by atoms with E-state index in [1.165, 1.54) is 44.1 Å². The summed E-state index contributed by atoms with van der Waals surface area (Å²) in [5.74, 6) is 5.65. The number of hydrogen-bond donors (Lipinski definition) is 2. The number of nitrogens with one attached hydrogen (secondary N) is 1. The second-order valence-corrected chi connectivity index (χ2v) is 5.75. The zero-order valence-corrected chi connectivity index (χ0v) is 12.9. The van der Waals surface area contributed by atoms with Gasteiger partial charge in [0.2, 0.25) is 0 Å². The van der Waals surface area contributed by atoms with Gasteiger partial charge in [-0.15, -0.1) is 0 Å². The summed E-state index contributed by atoms with van der Waals surface area (Å²) in [6.45, 7) is 2.25. The molecule has 0 aromatic heterocycles. The Bertz CT molecular complexity index is 328. The highest BCUT2D eigenvalue weighted by atomic mass is 79.9. The second kappa shape index (κ2) is 9.54. The van der Waals surface area contributed by atoms with E-state index >= 15 is 0 Å². The molecule has 0 amide bonds. The van der Waals surface area contributed by atoms with Crippen LogP contribution in [0, 0.1) is 0 Å². The SMILES string of the molecule is CCCCCCCCC(NN)c1cccc(Br)c1. The summed E-state index contributed by atoms with van der Waals surface area (Å²) < 4.78 is 1.11. The molecule has 102 valence electrons. The molecule has 0 aliphatic heterocycles. The van der Waals surface area contributed by atoms with Crippen molar-refractivity contribution in [2.45, 2.75) is 57.9 Å². The molecule has 0 bridgehead atoms. The quantitative estimate of drug-likeness (QED) is 0.394. The van der Waals surface area contributed by atoms with Crippen LogP contribution in [0.2, 0.25) is 0 Å². The average Bonchev–Trinajstić information content (AvgIpc) is 2.38. The molecular formula is C15H25BrN2. The van der Waals surface area contributed by atoms with Crippen molar-refractivity contribution >= 4 is 15.9 Å². The minimum atomic E-state index is 0.272. The summed E-state index contributed by atoms with van der Waals surface area (Å²) in [6, 6.07) is 8.65. The number of hydrogen-bond acceptors (Lipinski definition) is 2. The van der Waals surface area contributed by atoms with Gasteiger partial charge in [-0.3, -0.25) is 11.3 Å².